The summed E-state index contributed by atoms with van der Waals surface area (Å²) in [5, 5.41) is 9.60. The van der Waals surface area contributed by atoms with Gasteiger partial charge < -0.3 is 9.47 Å². The Bertz CT molecular complexity index is 1190. The molecule has 0 bridgehead atoms. The number of thiazole rings is 1. The van der Waals surface area contributed by atoms with Crippen LogP contribution >= 0.6 is 23.1 Å². The van der Waals surface area contributed by atoms with Gasteiger partial charge in [0.05, 0.1) is 22.2 Å². The van der Waals surface area contributed by atoms with Crippen molar-refractivity contribution in [2.75, 3.05) is 7.11 Å². The van der Waals surface area contributed by atoms with Crippen LogP contribution < -0.4 is 9.47 Å². The van der Waals surface area contributed by atoms with Crippen LogP contribution in [0.15, 0.2) is 82.0 Å². The van der Waals surface area contributed by atoms with Crippen molar-refractivity contribution >= 4 is 39.4 Å². The minimum absolute atomic E-state index is 0.462. The summed E-state index contributed by atoms with van der Waals surface area (Å²) in [6.45, 7) is 0.462. The highest BCUT2D eigenvalue weighted by atomic mass is 32.2. The molecule has 0 aliphatic rings. The van der Waals surface area contributed by atoms with Crippen molar-refractivity contribution in [3.8, 4) is 17.6 Å². The van der Waals surface area contributed by atoms with Gasteiger partial charge in [0.2, 0.25) is 0 Å². The van der Waals surface area contributed by atoms with Gasteiger partial charge in [0.1, 0.15) is 12.7 Å². The van der Waals surface area contributed by atoms with Crippen LogP contribution in [-0.4, -0.2) is 12.1 Å². The molecule has 30 heavy (non-hydrogen) atoms. The first-order valence-corrected chi connectivity index (χ1v) is 10.9. The molecule has 0 saturated heterocycles. The number of hydrogen-bond donors (Lipinski definition) is 0. The molecule has 0 radical (unpaired) electrons. The molecule has 4 aromatic rings. The van der Waals surface area contributed by atoms with Crippen molar-refractivity contribution in [3.63, 3.8) is 0 Å². The van der Waals surface area contributed by atoms with Crippen LogP contribution in [0.5, 0.6) is 11.5 Å². The number of aromatic nitrogens is 1. The van der Waals surface area contributed by atoms with Gasteiger partial charge in [-0.2, -0.15) is 5.26 Å². The SMILES string of the molecule is COc1cc(/C=C(\C#N)Sc2nc3ccccc3s2)ccc1OCc1ccccc1. The number of benzene rings is 3. The molecule has 4 rings (SSSR count). The summed E-state index contributed by atoms with van der Waals surface area (Å²) in [5.74, 6) is 1.29. The predicted molar refractivity (Wildman–Crippen MR) is 123 cm³/mol. The molecule has 0 spiro atoms. The van der Waals surface area contributed by atoms with Gasteiger partial charge in [-0.05, 0) is 53.2 Å². The highest BCUT2D eigenvalue weighted by Gasteiger charge is 2.09. The molecule has 1 aromatic heterocycles. The van der Waals surface area contributed by atoms with Crippen LogP contribution in [0.1, 0.15) is 11.1 Å². The number of thioether (sulfide) groups is 1. The van der Waals surface area contributed by atoms with Crippen molar-refractivity contribution in [3.05, 3.63) is 88.8 Å². The lowest BCUT2D eigenvalue weighted by atomic mass is 10.2. The van der Waals surface area contributed by atoms with Crippen LogP contribution in [0.3, 0.4) is 0 Å². The van der Waals surface area contributed by atoms with Crippen LogP contribution in [0, 0.1) is 11.3 Å². The van der Waals surface area contributed by atoms with E-state index in [2.05, 4.69) is 11.1 Å². The van der Waals surface area contributed by atoms with Crippen LogP contribution in [0.25, 0.3) is 16.3 Å². The van der Waals surface area contributed by atoms with Gasteiger partial charge in [-0.15, -0.1) is 11.3 Å². The number of fused-ring (bicyclic) bond motifs is 1. The Morgan fingerprint density at radius 2 is 1.87 bits per heavy atom. The van der Waals surface area contributed by atoms with Gasteiger partial charge in [-0.25, -0.2) is 4.98 Å². The number of nitrogens with zero attached hydrogens (tertiary/aromatic N) is 2. The zero-order valence-corrected chi connectivity index (χ0v) is 17.9. The molecule has 0 N–H and O–H groups in total. The lowest BCUT2D eigenvalue weighted by Crippen LogP contribution is -1.97. The number of nitriles is 1. The largest absolute Gasteiger partial charge is 0.493 e. The topological polar surface area (TPSA) is 55.1 Å². The van der Waals surface area contributed by atoms with Gasteiger partial charge in [0.25, 0.3) is 0 Å². The standard InChI is InChI=1S/C24H18N2O2S2/c1-27-22-14-18(11-12-21(22)28-16-17-7-3-2-4-8-17)13-19(15-25)29-24-26-20-9-5-6-10-23(20)30-24/h2-14H,16H2,1H3/b19-13+. The third-order valence-electron chi connectivity index (χ3n) is 4.30. The molecule has 0 aliphatic carbocycles. The highest BCUT2D eigenvalue weighted by molar-refractivity contribution is 8.05. The highest BCUT2D eigenvalue weighted by Crippen LogP contribution is 2.35. The van der Waals surface area contributed by atoms with Gasteiger partial charge in [0.15, 0.2) is 15.8 Å². The summed E-state index contributed by atoms with van der Waals surface area (Å²) in [6, 6.07) is 25.9. The second-order valence-corrected chi connectivity index (χ2v) is 8.67. The Hall–Kier alpha value is -3.27. The lowest BCUT2D eigenvalue weighted by Gasteiger charge is -2.11. The number of para-hydroxylation sites is 1. The monoisotopic (exact) mass is 430 g/mol. The zero-order valence-electron chi connectivity index (χ0n) is 16.2. The van der Waals surface area contributed by atoms with E-state index in [9.17, 15) is 5.26 Å². The van der Waals surface area contributed by atoms with Crippen LogP contribution in [-0.2, 0) is 6.61 Å². The Kier molecular flexibility index (Phi) is 6.33. The third-order valence-corrected chi connectivity index (χ3v) is 6.33. The number of ether oxygens (including phenoxy) is 2. The van der Waals surface area contributed by atoms with Crippen molar-refractivity contribution in [1.82, 2.24) is 4.98 Å². The van der Waals surface area contributed by atoms with Crippen molar-refractivity contribution in [2.45, 2.75) is 10.9 Å². The predicted octanol–water partition coefficient (Wildman–Crippen LogP) is 6.54. The van der Waals surface area contributed by atoms with E-state index in [0.29, 0.717) is 23.0 Å². The van der Waals surface area contributed by atoms with Gasteiger partial charge in [-0.3, -0.25) is 0 Å². The second kappa shape index (κ2) is 9.49. The van der Waals surface area contributed by atoms with Crippen LogP contribution in [0.2, 0.25) is 0 Å². The number of methoxy groups -OCH3 is 1. The van der Waals surface area contributed by atoms with E-state index >= 15 is 0 Å². The van der Waals surface area contributed by atoms with Crippen molar-refractivity contribution < 1.29 is 9.47 Å². The van der Waals surface area contributed by atoms with E-state index in [4.69, 9.17) is 9.47 Å². The maximum Gasteiger partial charge on any atom is 0.161 e. The average molecular weight is 431 g/mol. The fourth-order valence-corrected chi connectivity index (χ4v) is 4.83. The average Bonchev–Trinajstić information content (AvgIpc) is 3.20. The zero-order chi connectivity index (χ0) is 20.8. The molecule has 0 saturated carbocycles. The molecule has 0 amide bonds. The first-order valence-electron chi connectivity index (χ1n) is 9.25. The maximum absolute atomic E-state index is 9.60. The van der Waals surface area contributed by atoms with Crippen LogP contribution in [0.4, 0.5) is 0 Å². The van der Waals surface area contributed by atoms with E-state index in [1.54, 1.807) is 18.4 Å². The molecule has 3 aromatic carbocycles. The molecular formula is C24H18N2O2S2. The Morgan fingerprint density at radius 3 is 2.63 bits per heavy atom. The normalized spacial score (nSPS) is 11.3. The smallest absolute Gasteiger partial charge is 0.161 e. The summed E-state index contributed by atoms with van der Waals surface area (Å²) in [4.78, 5) is 5.15. The second-order valence-electron chi connectivity index (χ2n) is 6.35. The van der Waals surface area contributed by atoms with E-state index < -0.39 is 0 Å². The Balaban J connectivity index is 1.51. The Labute approximate surface area is 183 Å². The number of allylic oxidation sites excluding steroid dienone is 1. The number of hydrogen-bond acceptors (Lipinski definition) is 6. The molecule has 0 aliphatic heterocycles. The molecule has 4 nitrogen and oxygen atoms in total. The fourth-order valence-electron chi connectivity index (χ4n) is 2.85. The summed E-state index contributed by atoms with van der Waals surface area (Å²) in [6.07, 6.45) is 1.83. The third kappa shape index (κ3) is 4.82. The summed E-state index contributed by atoms with van der Waals surface area (Å²) < 4.78 is 13.4. The summed E-state index contributed by atoms with van der Waals surface area (Å²) >= 11 is 2.95. The quantitative estimate of drug-likeness (QED) is 0.246. The lowest BCUT2D eigenvalue weighted by molar-refractivity contribution is 0.284. The maximum atomic E-state index is 9.60. The Morgan fingerprint density at radius 1 is 1.07 bits per heavy atom. The summed E-state index contributed by atoms with van der Waals surface area (Å²) in [7, 11) is 1.61. The molecule has 0 unspecified atom stereocenters. The van der Waals surface area contributed by atoms with E-state index in [-0.39, 0.29) is 0 Å². The molecule has 1 heterocycles. The molecular weight excluding hydrogens is 412 g/mol. The minimum Gasteiger partial charge on any atom is -0.493 e. The number of rotatable bonds is 7. The molecule has 148 valence electrons. The van der Waals surface area contributed by atoms with E-state index in [1.165, 1.54) is 11.8 Å². The van der Waals surface area contributed by atoms with Gasteiger partial charge in [-0.1, -0.05) is 48.5 Å². The van der Waals surface area contributed by atoms with Crippen molar-refractivity contribution in [2.24, 2.45) is 0 Å². The first kappa shape index (κ1) is 20.0. The molecule has 6 heteroatoms. The first-order chi connectivity index (χ1) is 14.7. The van der Waals surface area contributed by atoms with Gasteiger partial charge >= 0.3 is 0 Å². The molecule has 0 atom stereocenters. The fraction of sp³-hybridized carbons (Fsp3) is 0.0833. The van der Waals surface area contributed by atoms with E-state index in [1.807, 2.05) is 78.9 Å². The van der Waals surface area contributed by atoms with Crippen molar-refractivity contribution in [1.29, 1.82) is 5.26 Å². The summed E-state index contributed by atoms with van der Waals surface area (Å²) in [5.41, 5.74) is 2.90. The van der Waals surface area contributed by atoms with Gasteiger partial charge in [0, 0.05) is 0 Å². The molecule has 0 fully saturated rings. The minimum atomic E-state index is 0.462. The van der Waals surface area contributed by atoms with E-state index in [0.717, 1.165) is 25.7 Å².